The van der Waals surface area contributed by atoms with Crippen LogP contribution in [-0.2, 0) is 4.74 Å². The Labute approximate surface area is 125 Å². The minimum absolute atomic E-state index is 0.138. The monoisotopic (exact) mass is 292 g/mol. The van der Waals surface area contributed by atoms with Crippen molar-refractivity contribution in [3.05, 3.63) is 18.1 Å². The zero-order valence-corrected chi connectivity index (χ0v) is 12.8. The number of ether oxygens (including phenoxy) is 1. The molecule has 0 radical (unpaired) electrons. The average molecular weight is 292 g/mol. The van der Waals surface area contributed by atoms with Crippen LogP contribution in [-0.4, -0.2) is 41.7 Å². The van der Waals surface area contributed by atoms with E-state index in [2.05, 4.69) is 34.4 Å². The SMILES string of the molecule is CC(C)CCNc1cc(C(=O)NCC2CCCO2)ncn1. The van der Waals surface area contributed by atoms with Gasteiger partial charge in [0, 0.05) is 25.8 Å². The second-order valence-electron chi connectivity index (χ2n) is 5.74. The molecule has 6 nitrogen and oxygen atoms in total. The van der Waals surface area contributed by atoms with Crippen LogP contribution < -0.4 is 10.6 Å². The lowest BCUT2D eigenvalue weighted by Gasteiger charge is -2.11. The van der Waals surface area contributed by atoms with Gasteiger partial charge < -0.3 is 15.4 Å². The van der Waals surface area contributed by atoms with Crippen LogP contribution in [0.25, 0.3) is 0 Å². The number of hydrogen-bond acceptors (Lipinski definition) is 5. The first-order chi connectivity index (χ1) is 10.1. The summed E-state index contributed by atoms with van der Waals surface area (Å²) in [7, 11) is 0. The highest BCUT2D eigenvalue weighted by Gasteiger charge is 2.17. The van der Waals surface area contributed by atoms with Gasteiger partial charge in [0.15, 0.2) is 0 Å². The Morgan fingerprint density at radius 3 is 3.05 bits per heavy atom. The molecule has 0 aliphatic carbocycles. The van der Waals surface area contributed by atoms with Crippen molar-refractivity contribution >= 4 is 11.7 Å². The van der Waals surface area contributed by atoms with E-state index in [4.69, 9.17) is 4.74 Å². The molecule has 1 fully saturated rings. The van der Waals surface area contributed by atoms with Crippen LogP contribution in [0.3, 0.4) is 0 Å². The summed E-state index contributed by atoms with van der Waals surface area (Å²) in [6.07, 6.45) is 4.69. The van der Waals surface area contributed by atoms with E-state index >= 15 is 0 Å². The van der Waals surface area contributed by atoms with Gasteiger partial charge in [0.25, 0.3) is 5.91 Å². The van der Waals surface area contributed by atoms with Crippen LogP contribution in [0.1, 0.15) is 43.6 Å². The number of nitrogens with one attached hydrogen (secondary N) is 2. The Hall–Kier alpha value is -1.69. The fourth-order valence-electron chi connectivity index (χ4n) is 2.17. The van der Waals surface area contributed by atoms with E-state index in [0.29, 0.717) is 24.0 Å². The fraction of sp³-hybridized carbons (Fsp3) is 0.667. The van der Waals surface area contributed by atoms with Gasteiger partial charge in [-0.15, -0.1) is 0 Å². The lowest BCUT2D eigenvalue weighted by atomic mass is 10.1. The molecule has 1 amide bonds. The molecule has 21 heavy (non-hydrogen) atoms. The summed E-state index contributed by atoms with van der Waals surface area (Å²) in [6.45, 7) is 6.51. The second kappa shape index (κ2) is 7.93. The van der Waals surface area contributed by atoms with Gasteiger partial charge in [-0.05, 0) is 25.2 Å². The maximum atomic E-state index is 12.1. The Bertz CT molecular complexity index is 459. The number of hydrogen-bond donors (Lipinski definition) is 2. The van der Waals surface area contributed by atoms with Crippen LogP contribution in [0.15, 0.2) is 12.4 Å². The number of nitrogens with zero attached hydrogens (tertiary/aromatic N) is 2. The molecule has 2 rings (SSSR count). The van der Waals surface area contributed by atoms with E-state index in [-0.39, 0.29) is 12.0 Å². The molecule has 1 aromatic heterocycles. The van der Waals surface area contributed by atoms with Gasteiger partial charge in [-0.1, -0.05) is 13.8 Å². The molecule has 6 heteroatoms. The molecule has 0 aromatic carbocycles. The molecule has 116 valence electrons. The maximum Gasteiger partial charge on any atom is 0.270 e. The predicted molar refractivity (Wildman–Crippen MR) is 81.3 cm³/mol. The van der Waals surface area contributed by atoms with Crippen LogP contribution in [0.4, 0.5) is 5.82 Å². The van der Waals surface area contributed by atoms with Crippen LogP contribution in [0.5, 0.6) is 0 Å². The molecule has 1 atom stereocenters. The first-order valence-electron chi connectivity index (χ1n) is 7.61. The third kappa shape index (κ3) is 5.30. The summed E-state index contributed by atoms with van der Waals surface area (Å²) >= 11 is 0. The molecule has 2 heterocycles. The van der Waals surface area contributed by atoms with Gasteiger partial charge in [0.05, 0.1) is 6.10 Å². The lowest BCUT2D eigenvalue weighted by molar-refractivity contribution is 0.0853. The Balaban J connectivity index is 1.82. The molecule has 1 unspecified atom stereocenters. The maximum absolute atomic E-state index is 12.1. The minimum Gasteiger partial charge on any atom is -0.376 e. The third-order valence-electron chi connectivity index (χ3n) is 3.44. The summed E-state index contributed by atoms with van der Waals surface area (Å²) in [6, 6.07) is 1.69. The molecular weight excluding hydrogens is 268 g/mol. The summed E-state index contributed by atoms with van der Waals surface area (Å²) in [5.74, 6) is 1.14. The van der Waals surface area contributed by atoms with Crippen molar-refractivity contribution in [1.82, 2.24) is 15.3 Å². The highest BCUT2D eigenvalue weighted by Crippen LogP contribution is 2.11. The molecule has 0 bridgehead atoms. The standard InChI is InChI=1S/C15H24N4O2/c1-11(2)5-6-16-14-8-13(18-10-19-14)15(20)17-9-12-4-3-7-21-12/h8,10-12H,3-7,9H2,1-2H3,(H,17,20)(H,16,18,19). The molecule has 1 aliphatic rings. The van der Waals surface area contributed by atoms with Gasteiger partial charge in [-0.25, -0.2) is 9.97 Å². The van der Waals surface area contributed by atoms with Crippen molar-refractivity contribution in [1.29, 1.82) is 0 Å². The van der Waals surface area contributed by atoms with Crippen LogP contribution in [0, 0.1) is 5.92 Å². The lowest BCUT2D eigenvalue weighted by Crippen LogP contribution is -2.32. The predicted octanol–water partition coefficient (Wildman–Crippen LogP) is 1.84. The average Bonchev–Trinajstić information content (AvgIpc) is 2.98. The smallest absolute Gasteiger partial charge is 0.270 e. The van der Waals surface area contributed by atoms with E-state index in [1.165, 1.54) is 6.33 Å². The van der Waals surface area contributed by atoms with Crippen LogP contribution in [0.2, 0.25) is 0 Å². The van der Waals surface area contributed by atoms with Gasteiger partial charge in [-0.3, -0.25) is 4.79 Å². The number of amides is 1. The van der Waals surface area contributed by atoms with Crippen molar-refractivity contribution < 1.29 is 9.53 Å². The first-order valence-corrected chi connectivity index (χ1v) is 7.61. The molecule has 0 spiro atoms. The molecule has 1 saturated heterocycles. The zero-order valence-electron chi connectivity index (χ0n) is 12.8. The van der Waals surface area contributed by atoms with Crippen molar-refractivity contribution in [2.75, 3.05) is 25.0 Å². The van der Waals surface area contributed by atoms with Gasteiger partial charge in [-0.2, -0.15) is 0 Å². The highest BCUT2D eigenvalue weighted by atomic mass is 16.5. The third-order valence-corrected chi connectivity index (χ3v) is 3.44. The molecule has 1 aromatic rings. The van der Waals surface area contributed by atoms with E-state index in [9.17, 15) is 4.79 Å². The number of anilines is 1. The Morgan fingerprint density at radius 2 is 2.33 bits per heavy atom. The van der Waals surface area contributed by atoms with Crippen molar-refractivity contribution in [3.63, 3.8) is 0 Å². The summed E-state index contributed by atoms with van der Waals surface area (Å²) < 4.78 is 5.48. The van der Waals surface area contributed by atoms with E-state index in [1.807, 2.05) is 0 Å². The number of carbonyl (C=O) groups excluding carboxylic acids is 1. The number of rotatable bonds is 7. The van der Waals surface area contributed by atoms with Gasteiger partial charge in [0.2, 0.25) is 0 Å². The van der Waals surface area contributed by atoms with E-state index in [1.54, 1.807) is 6.07 Å². The molecule has 1 aliphatic heterocycles. The van der Waals surface area contributed by atoms with Crippen molar-refractivity contribution in [2.45, 2.75) is 39.2 Å². The Morgan fingerprint density at radius 1 is 1.48 bits per heavy atom. The van der Waals surface area contributed by atoms with Gasteiger partial charge >= 0.3 is 0 Å². The van der Waals surface area contributed by atoms with E-state index < -0.39 is 0 Å². The van der Waals surface area contributed by atoms with Gasteiger partial charge in [0.1, 0.15) is 17.8 Å². The quantitative estimate of drug-likeness (QED) is 0.802. The number of aromatic nitrogens is 2. The van der Waals surface area contributed by atoms with Crippen LogP contribution >= 0.6 is 0 Å². The normalized spacial score (nSPS) is 18.0. The number of carbonyl (C=O) groups is 1. The summed E-state index contributed by atoms with van der Waals surface area (Å²) in [5.41, 5.74) is 0.384. The van der Waals surface area contributed by atoms with Crippen molar-refractivity contribution in [3.8, 4) is 0 Å². The second-order valence-corrected chi connectivity index (χ2v) is 5.74. The topological polar surface area (TPSA) is 76.1 Å². The summed E-state index contributed by atoms with van der Waals surface area (Å²) in [4.78, 5) is 20.2. The molecule has 0 saturated carbocycles. The first kappa shape index (κ1) is 15.7. The van der Waals surface area contributed by atoms with Crippen molar-refractivity contribution in [2.24, 2.45) is 5.92 Å². The van der Waals surface area contributed by atoms with E-state index in [0.717, 1.165) is 32.4 Å². The minimum atomic E-state index is -0.181. The molecule has 2 N–H and O–H groups in total. The molecular formula is C15H24N4O2. The largest absolute Gasteiger partial charge is 0.376 e. The zero-order chi connectivity index (χ0) is 15.1. The fourth-order valence-corrected chi connectivity index (χ4v) is 2.17. The highest BCUT2D eigenvalue weighted by molar-refractivity contribution is 5.92. The Kier molecular flexibility index (Phi) is 5.92. The summed E-state index contributed by atoms with van der Waals surface area (Å²) in [5, 5.41) is 6.07.